The molecule has 0 aliphatic rings. The van der Waals surface area contributed by atoms with E-state index in [4.69, 9.17) is 4.74 Å². The maximum Gasteiger partial charge on any atom is 0.243 e. The van der Waals surface area contributed by atoms with Gasteiger partial charge in [0, 0.05) is 18.5 Å². The molecule has 0 radical (unpaired) electrons. The molecule has 0 spiro atoms. The molecule has 34 heavy (non-hydrogen) atoms. The fraction of sp³-hybridized carbons (Fsp3) is 0.517. The predicted octanol–water partition coefficient (Wildman–Crippen LogP) is 5.65. The second-order valence-corrected chi connectivity index (χ2v) is 11.0. The van der Waals surface area contributed by atoms with Gasteiger partial charge in [-0.1, -0.05) is 64.1 Å². The van der Waals surface area contributed by atoms with E-state index in [2.05, 4.69) is 50.4 Å². The molecule has 0 aliphatic carbocycles. The van der Waals surface area contributed by atoms with E-state index >= 15 is 0 Å². The van der Waals surface area contributed by atoms with Gasteiger partial charge in [-0.25, -0.2) is 0 Å². The van der Waals surface area contributed by atoms with Gasteiger partial charge in [-0.2, -0.15) is 0 Å². The molecular weight excluding hydrogens is 424 g/mol. The summed E-state index contributed by atoms with van der Waals surface area (Å²) in [6, 6.07) is 15.6. The number of hydrogen-bond donors (Lipinski definition) is 1. The molecule has 0 heterocycles. The number of nitrogens with zero attached hydrogens (tertiary/aromatic N) is 1. The van der Waals surface area contributed by atoms with Crippen LogP contribution in [0.2, 0.25) is 0 Å². The smallest absolute Gasteiger partial charge is 0.243 e. The zero-order valence-electron chi connectivity index (χ0n) is 22.2. The van der Waals surface area contributed by atoms with E-state index in [1.54, 1.807) is 12.0 Å². The van der Waals surface area contributed by atoms with Crippen molar-refractivity contribution in [3.05, 3.63) is 65.2 Å². The van der Waals surface area contributed by atoms with Crippen LogP contribution in [0.4, 0.5) is 0 Å². The number of carbonyl (C=O) groups is 2. The topological polar surface area (TPSA) is 58.6 Å². The monoisotopic (exact) mass is 466 g/mol. The summed E-state index contributed by atoms with van der Waals surface area (Å²) in [5.41, 5.74) is 3.09. The number of carbonyl (C=O) groups excluding carboxylic acids is 2. The third kappa shape index (κ3) is 8.19. The Kier molecular flexibility index (Phi) is 9.31. The highest BCUT2D eigenvalue weighted by Gasteiger charge is 2.30. The largest absolute Gasteiger partial charge is 0.497 e. The van der Waals surface area contributed by atoms with Crippen molar-refractivity contribution in [2.45, 2.75) is 91.3 Å². The van der Waals surface area contributed by atoms with Crippen LogP contribution < -0.4 is 10.1 Å². The van der Waals surface area contributed by atoms with E-state index in [-0.39, 0.29) is 22.8 Å². The van der Waals surface area contributed by atoms with Crippen molar-refractivity contribution in [3.63, 3.8) is 0 Å². The van der Waals surface area contributed by atoms with Crippen LogP contribution in [0.15, 0.2) is 48.5 Å². The van der Waals surface area contributed by atoms with Gasteiger partial charge in [0.05, 0.1) is 7.11 Å². The van der Waals surface area contributed by atoms with Gasteiger partial charge >= 0.3 is 0 Å². The van der Waals surface area contributed by atoms with Gasteiger partial charge in [0.15, 0.2) is 0 Å². The van der Waals surface area contributed by atoms with Crippen molar-refractivity contribution in [2.24, 2.45) is 0 Å². The molecule has 2 amide bonds. The number of hydrogen-bond acceptors (Lipinski definition) is 3. The summed E-state index contributed by atoms with van der Waals surface area (Å²) in [5, 5.41) is 3.05. The molecule has 2 rings (SSSR count). The van der Waals surface area contributed by atoms with E-state index in [1.807, 2.05) is 52.0 Å². The number of amides is 2. The van der Waals surface area contributed by atoms with Crippen molar-refractivity contribution >= 4 is 11.8 Å². The molecule has 0 aromatic heterocycles. The molecular formula is C29H42N2O3. The summed E-state index contributed by atoms with van der Waals surface area (Å²) < 4.78 is 5.26. The summed E-state index contributed by atoms with van der Waals surface area (Å²) in [5.74, 6) is 0.621. The average Bonchev–Trinajstić information content (AvgIpc) is 2.76. The Morgan fingerprint density at radius 1 is 0.912 bits per heavy atom. The molecule has 1 unspecified atom stereocenters. The van der Waals surface area contributed by atoms with Crippen molar-refractivity contribution in [3.8, 4) is 5.75 Å². The number of methoxy groups -OCH3 is 1. The first-order chi connectivity index (χ1) is 15.8. The van der Waals surface area contributed by atoms with Gasteiger partial charge in [0.25, 0.3) is 0 Å². The number of ether oxygens (including phenoxy) is 1. The van der Waals surface area contributed by atoms with Gasteiger partial charge in [0.2, 0.25) is 11.8 Å². The number of aryl methyl sites for hydroxylation is 1. The molecule has 5 heteroatoms. The summed E-state index contributed by atoms with van der Waals surface area (Å²) in [7, 11) is 1.63. The van der Waals surface area contributed by atoms with Gasteiger partial charge < -0.3 is 15.0 Å². The molecule has 5 nitrogen and oxygen atoms in total. The Morgan fingerprint density at radius 2 is 1.47 bits per heavy atom. The second kappa shape index (κ2) is 11.5. The van der Waals surface area contributed by atoms with E-state index in [9.17, 15) is 9.59 Å². The van der Waals surface area contributed by atoms with Crippen LogP contribution in [0.3, 0.4) is 0 Å². The molecule has 0 saturated heterocycles. The number of rotatable bonds is 9. The predicted molar refractivity (Wildman–Crippen MR) is 139 cm³/mol. The van der Waals surface area contributed by atoms with Gasteiger partial charge in [-0.3, -0.25) is 9.59 Å². The minimum atomic E-state index is -0.530. The van der Waals surface area contributed by atoms with E-state index < -0.39 is 6.04 Å². The van der Waals surface area contributed by atoms with Crippen LogP contribution in [0, 0.1) is 0 Å². The fourth-order valence-electron chi connectivity index (χ4n) is 3.87. The van der Waals surface area contributed by atoms with Crippen molar-refractivity contribution in [2.75, 3.05) is 7.11 Å². The van der Waals surface area contributed by atoms with E-state index in [1.165, 1.54) is 5.56 Å². The lowest BCUT2D eigenvalue weighted by Gasteiger charge is -2.33. The fourth-order valence-corrected chi connectivity index (χ4v) is 3.87. The zero-order chi connectivity index (χ0) is 25.5. The van der Waals surface area contributed by atoms with Gasteiger partial charge in [0.1, 0.15) is 11.8 Å². The Hall–Kier alpha value is -2.82. The quantitative estimate of drug-likeness (QED) is 0.520. The van der Waals surface area contributed by atoms with Gasteiger partial charge in [-0.15, -0.1) is 0 Å². The van der Waals surface area contributed by atoms with Crippen molar-refractivity contribution in [1.82, 2.24) is 10.2 Å². The summed E-state index contributed by atoms with van der Waals surface area (Å²) >= 11 is 0. The third-order valence-corrected chi connectivity index (χ3v) is 5.84. The SMILES string of the molecule is CCC(C(=O)NC(C)(C)C)N(Cc1ccc(OC)cc1)C(=O)CCc1ccc(C(C)(C)C)cc1. The minimum Gasteiger partial charge on any atom is -0.497 e. The molecule has 1 atom stereocenters. The first-order valence-electron chi connectivity index (χ1n) is 12.2. The van der Waals surface area contributed by atoms with Crippen LogP contribution in [0.5, 0.6) is 5.75 Å². The van der Waals surface area contributed by atoms with Crippen LogP contribution in [0.25, 0.3) is 0 Å². The molecule has 186 valence electrons. The van der Waals surface area contributed by atoms with E-state index in [0.29, 0.717) is 25.8 Å². The lowest BCUT2D eigenvalue weighted by Crippen LogP contribution is -2.53. The average molecular weight is 467 g/mol. The second-order valence-electron chi connectivity index (χ2n) is 11.0. The molecule has 2 aromatic carbocycles. The highest BCUT2D eigenvalue weighted by Crippen LogP contribution is 2.23. The molecule has 0 bridgehead atoms. The molecule has 0 aliphatic heterocycles. The highest BCUT2D eigenvalue weighted by molar-refractivity contribution is 5.88. The van der Waals surface area contributed by atoms with Gasteiger partial charge in [-0.05, 0) is 67.9 Å². The Balaban J connectivity index is 2.22. The first kappa shape index (κ1) is 27.4. The van der Waals surface area contributed by atoms with Crippen LogP contribution in [0.1, 0.15) is 78.0 Å². The molecule has 0 saturated carbocycles. The first-order valence-corrected chi connectivity index (χ1v) is 12.2. The Bertz CT molecular complexity index is 935. The number of nitrogens with one attached hydrogen (secondary N) is 1. The third-order valence-electron chi connectivity index (χ3n) is 5.84. The standard InChI is InChI=1S/C29H42N2O3/c1-9-25(27(33)30-29(5,6)7)31(20-22-12-17-24(34-8)18-13-22)26(32)19-14-21-10-15-23(16-11-21)28(2,3)4/h10-13,15-18,25H,9,14,19-20H2,1-8H3,(H,30,33). The summed E-state index contributed by atoms with van der Waals surface area (Å²) in [6.45, 7) is 14.8. The minimum absolute atomic E-state index is 0.0216. The number of benzene rings is 2. The Morgan fingerprint density at radius 3 is 1.94 bits per heavy atom. The summed E-state index contributed by atoms with van der Waals surface area (Å²) in [4.78, 5) is 28.3. The van der Waals surface area contributed by atoms with E-state index in [0.717, 1.165) is 16.9 Å². The lowest BCUT2D eigenvalue weighted by molar-refractivity contribution is -0.142. The highest BCUT2D eigenvalue weighted by atomic mass is 16.5. The molecule has 1 N–H and O–H groups in total. The van der Waals surface area contributed by atoms with Crippen LogP contribution in [-0.4, -0.2) is 35.4 Å². The summed E-state index contributed by atoms with van der Waals surface area (Å²) in [6.07, 6.45) is 1.54. The Labute approximate surface area is 205 Å². The lowest BCUT2D eigenvalue weighted by atomic mass is 9.86. The normalized spacial score (nSPS) is 12.7. The maximum absolute atomic E-state index is 13.5. The van der Waals surface area contributed by atoms with Crippen molar-refractivity contribution in [1.29, 1.82) is 0 Å². The maximum atomic E-state index is 13.5. The molecule has 2 aromatic rings. The molecule has 0 fully saturated rings. The van der Waals surface area contributed by atoms with Crippen LogP contribution >= 0.6 is 0 Å². The van der Waals surface area contributed by atoms with Crippen LogP contribution in [-0.2, 0) is 28.0 Å². The van der Waals surface area contributed by atoms with Crippen molar-refractivity contribution < 1.29 is 14.3 Å². The zero-order valence-corrected chi connectivity index (χ0v) is 22.2.